The summed E-state index contributed by atoms with van der Waals surface area (Å²) in [4.78, 5) is 6.53. The first kappa shape index (κ1) is 17.7. The van der Waals surface area contributed by atoms with Gasteiger partial charge in [-0.2, -0.15) is 4.31 Å². The minimum atomic E-state index is -3.48. The van der Waals surface area contributed by atoms with Crippen LogP contribution in [0.3, 0.4) is 0 Å². The molecule has 0 N–H and O–H groups in total. The molecule has 0 bridgehead atoms. The summed E-state index contributed by atoms with van der Waals surface area (Å²) in [5, 5.41) is 0.160. The summed E-state index contributed by atoms with van der Waals surface area (Å²) in [6.45, 7) is 4.18. The van der Waals surface area contributed by atoms with Gasteiger partial charge in [-0.05, 0) is 36.3 Å². The predicted octanol–water partition coefficient (Wildman–Crippen LogP) is 1.88. The minimum Gasteiger partial charge on any atom is -0.339 e. The van der Waals surface area contributed by atoms with Crippen molar-refractivity contribution in [1.82, 2.24) is 18.8 Å². The first-order chi connectivity index (χ1) is 12.5. The Kier molecular flexibility index (Phi) is 4.86. The number of aromatic nitrogens is 2. The maximum atomic E-state index is 12.8. The van der Waals surface area contributed by atoms with Gasteiger partial charge in [-0.3, -0.25) is 4.90 Å². The highest BCUT2D eigenvalue weighted by Crippen LogP contribution is 2.25. The van der Waals surface area contributed by atoms with Gasteiger partial charge in [0.2, 0.25) is 0 Å². The van der Waals surface area contributed by atoms with E-state index in [1.807, 2.05) is 0 Å². The molecule has 1 aromatic carbocycles. The monoisotopic (exact) mass is 374 g/mol. The summed E-state index contributed by atoms with van der Waals surface area (Å²) < 4.78 is 29.0. The standard InChI is InChI=1S/C19H26N4O2S/c1-21-14-19(20-15-21)26(24,25)23-9-4-5-16(12-23)11-22-10-8-17-6-2-3-7-18(17)13-22/h2-3,6-7,14-16H,4-5,8-13H2,1H3/t16-/m0/s1. The van der Waals surface area contributed by atoms with E-state index in [2.05, 4.69) is 34.1 Å². The molecular weight excluding hydrogens is 348 g/mol. The largest absolute Gasteiger partial charge is 0.339 e. The lowest BCUT2D eigenvalue weighted by atomic mass is 9.95. The lowest BCUT2D eigenvalue weighted by Crippen LogP contribution is -2.44. The number of hydrogen-bond acceptors (Lipinski definition) is 4. The second kappa shape index (κ2) is 7.13. The van der Waals surface area contributed by atoms with Gasteiger partial charge in [0.15, 0.2) is 5.03 Å². The van der Waals surface area contributed by atoms with Crippen molar-refractivity contribution < 1.29 is 8.42 Å². The Morgan fingerprint density at radius 1 is 1.19 bits per heavy atom. The fourth-order valence-corrected chi connectivity index (χ4v) is 5.64. The number of sulfonamides is 1. The van der Waals surface area contributed by atoms with Crippen LogP contribution in [0.4, 0.5) is 0 Å². The van der Waals surface area contributed by atoms with E-state index in [1.165, 1.54) is 11.1 Å². The van der Waals surface area contributed by atoms with Crippen molar-refractivity contribution in [3.8, 4) is 0 Å². The zero-order chi connectivity index (χ0) is 18.1. The molecule has 2 aliphatic heterocycles. The highest BCUT2D eigenvalue weighted by molar-refractivity contribution is 7.89. The lowest BCUT2D eigenvalue weighted by Gasteiger charge is -2.36. The molecule has 6 nitrogen and oxygen atoms in total. The summed E-state index contributed by atoms with van der Waals surface area (Å²) in [6, 6.07) is 8.63. The number of imidazole rings is 1. The molecule has 2 aromatic rings. The molecule has 0 aliphatic carbocycles. The molecule has 0 radical (unpaired) electrons. The number of benzene rings is 1. The van der Waals surface area contributed by atoms with Gasteiger partial charge in [-0.15, -0.1) is 0 Å². The van der Waals surface area contributed by atoms with Crippen LogP contribution in [0.2, 0.25) is 0 Å². The minimum absolute atomic E-state index is 0.160. The van der Waals surface area contributed by atoms with Crippen molar-refractivity contribution in [2.75, 3.05) is 26.2 Å². The van der Waals surface area contributed by atoms with Gasteiger partial charge in [0.25, 0.3) is 10.0 Å². The molecule has 1 aromatic heterocycles. The van der Waals surface area contributed by atoms with Gasteiger partial charge in [-0.1, -0.05) is 24.3 Å². The predicted molar refractivity (Wildman–Crippen MR) is 100 cm³/mol. The molecule has 0 spiro atoms. The van der Waals surface area contributed by atoms with Crippen LogP contribution in [0.25, 0.3) is 0 Å². The van der Waals surface area contributed by atoms with Crippen molar-refractivity contribution in [3.63, 3.8) is 0 Å². The van der Waals surface area contributed by atoms with Crippen LogP contribution >= 0.6 is 0 Å². The molecule has 0 unspecified atom stereocenters. The molecule has 26 heavy (non-hydrogen) atoms. The Hall–Kier alpha value is -1.70. The number of nitrogens with zero attached hydrogens (tertiary/aromatic N) is 4. The molecular formula is C19H26N4O2S. The molecule has 1 fully saturated rings. The third-order valence-corrected chi connectivity index (χ3v) is 7.24. The van der Waals surface area contributed by atoms with Crippen molar-refractivity contribution >= 4 is 10.0 Å². The SMILES string of the molecule is Cn1cnc(S(=O)(=O)N2CCC[C@@H](CN3CCc4ccccc4C3)C2)c1. The fourth-order valence-electron chi connectivity index (χ4n) is 4.12. The summed E-state index contributed by atoms with van der Waals surface area (Å²) >= 11 is 0. The number of hydrogen-bond donors (Lipinski definition) is 0. The maximum absolute atomic E-state index is 12.8. The molecule has 7 heteroatoms. The van der Waals surface area contributed by atoms with Crippen LogP contribution < -0.4 is 0 Å². The Bertz CT molecular complexity index is 877. The second-order valence-corrected chi connectivity index (χ2v) is 9.39. The van der Waals surface area contributed by atoms with Crippen LogP contribution in [0.15, 0.2) is 41.8 Å². The zero-order valence-electron chi connectivity index (χ0n) is 15.2. The molecule has 0 amide bonds. The van der Waals surface area contributed by atoms with Gasteiger partial charge in [0, 0.05) is 46.0 Å². The Labute approximate surface area is 155 Å². The zero-order valence-corrected chi connectivity index (χ0v) is 16.0. The summed E-state index contributed by atoms with van der Waals surface area (Å²) in [5.41, 5.74) is 2.86. The second-order valence-electron chi connectivity index (χ2n) is 7.50. The summed E-state index contributed by atoms with van der Waals surface area (Å²) in [6.07, 6.45) is 6.21. The molecule has 2 aliphatic rings. The highest BCUT2D eigenvalue weighted by Gasteiger charge is 2.32. The van der Waals surface area contributed by atoms with Gasteiger partial charge < -0.3 is 4.57 Å². The molecule has 140 valence electrons. The van der Waals surface area contributed by atoms with Crippen LogP contribution in [-0.4, -0.2) is 53.4 Å². The van der Waals surface area contributed by atoms with Crippen molar-refractivity contribution in [2.24, 2.45) is 13.0 Å². The smallest absolute Gasteiger partial charge is 0.262 e. The van der Waals surface area contributed by atoms with E-state index in [-0.39, 0.29) is 5.03 Å². The van der Waals surface area contributed by atoms with Crippen LogP contribution in [0, 0.1) is 5.92 Å². The average molecular weight is 375 g/mol. The van der Waals surface area contributed by atoms with Crippen LogP contribution in [0.1, 0.15) is 24.0 Å². The normalized spacial score (nSPS) is 22.3. The summed E-state index contributed by atoms with van der Waals surface area (Å²) in [7, 11) is -1.69. The molecule has 1 saturated heterocycles. The maximum Gasteiger partial charge on any atom is 0.262 e. The van der Waals surface area contributed by atoms with E-state index in [9.17, 15) is 8.42 Å². The van der Waals surface area contributed by atoms with E-state index < -0.39 is 10.0 Å². The van der Waals surface area contributed by atoms with Gasteiger partial charge in [0.05, 0.1) is 6.33 Å². The lowest BCUT2D eigenvalue weighted by molar-refractivity contribution is 0.167. The number of rotatable bonds is 4. The van der Waals surface area contributed by atoms with Crippen molar-refractivity contribution in [2.45, 2.75) is 30.8 Å². The van der Waals surface area contributed by atoms with E-state index in [0.717, 1.165) is 38.9 Å². The van der Waals surface area contributed by atoms with Gasteiger partial charge >= 0.3 is 0 Å². The number of fused-ring (bicyclic) bond motifs is 1. The Morgan fingerprint density at radius 2 is 2.00 bits per heavy atom. The van der Waals surface area contributed by atoms with Gasteiger partial charge in [0.1, 0.15) is 0 Å². The van der Waals surface area contributed by atoms with E-state index in [1.54, 1.807) is 28.4 Å². The quantitative estimate of drug-likeness (QED) is 0.820. The van der Waals surface area contributed by atoms with Crippen molar-refractivity contribution in [3.05, 3.63) is 47.9 Å². The van der Waals surface area contributed by atoms with E-state index in [0.29, 0.717) is 19.0 Å². The third kappa shape index (κ3) is 3.56. The Morgan fingerprint density at radius 3 is 2.77 bits per heavy atom. The van der Waals surface area contributed by atoms with Gasteiger partial charge in [-0.25, -0.2) is 13.4 Å². The van der Waals surface area contributed by atoms with Crippen LogP contribution in [0.5, 0.6) is 0 Å². The molecule has 3 heterocycles. The van der Waals surface area contributed by atoms with E-state index >= 15 is 0 Å². The van der Waals surface area contributed by atoms with E-state index in [4.69, 9.17) is 0 Å². The highest BCUT2D eigenvalue weighted by atomic mass is 32.2. The first-order valence-electron chi connectivity index (χ1n) is 9.29. The van der Waals surface area contributed by atoms with Crippen LogP contribution in [-0.2, 0) is 30.0 Å². The Balaban J connectivity index is 1.41. The topological polar surface area (TPSA) is 58.4 Å². The fraction of sp³-hybridized carbons (Fsp3) is 0.526. The number of aryl methyl sites for hydroxylation is 1. The third-order valence-electron chi connectivity index (χ3n) is 5.49. The number of piperidine rings is 1. The molecule has 1 atom stereocenters. The average Bonchev–Trinajstić information content (AvgIpc) is 3.09. The summed E-state index contributed by atoms with van der Waals surface area (Å²) in [5.74, 6) is 0.382. The first-order valence-corrected chi connectivity index (χ1v) is 10.7. The molecule has 0 saturated carbocycles. The van der Waals surface area contributed by atoms with Crippen molar-refractivity contribution in [1.29, 1.82) is 0 Å². The molecule has 4 rings (SSSR count).